The molecule has 0 bridgehead atoms. The molecule has 2 heterocycles. The molecule has 0 aliphatic carbocycles. The number of rotatable bonds is 7. The van der Waals surface area contributed by atoms with Gasteiger partial charge in [-0.2, -0.15) is 4.57 Å². The van der Waals surface area contributed by atoms with Crippen LogP contribution >= 0.6 is 7.82 Å². The Bertz CT molecular complexity index is 649. The lowest BCUT2D eigenvalue weighted by Crippen LogP contribution is -2.46. The average molecular weight is 378 g/mol. The average Bonchev–Trinajstić information content (AvgIpc) is 2.85. The molecule has 1 aromatic heterocycles. The van der Waals surface area contributed by atoms with Gasteiger partial charge in [0.15, 0.2) is 18.5 Å². The van der Waals surface area contributed by atoms with Gasteiger partial charge in [-0.25, -0.2) is 9.36 Å². The van der Waals surface area contributed by atoms with Crippen LogP contribution in [-0.4, -0.2) is 57.5 Å². The van der Waals surface area contributed by atoms with Gasteiger partial charge in [0.1, 0.15) is 17.8 Å². The van der Waals surface area contributed by atoms with Gasteiger partial charge in [-0.1, -0.05) is 6.92 Å². The highest BCUT2D eigenvalue weighted by Crippen LogP contribution is 2.37. The fraction of sp³-hybridized carbons (Fsp3) is 0.571. The number of ether oxygens (including phenoxy) is 2. The first-order valence-electron chi connectivity index (χ1n) is 7.62. The lowest BCUT2D eigenvalue weighted by atomic mass is 10.1. The predicted molar refractivity (Wildman–Crippen MR) is 81.1 cm³/mol. The van der Waals surface area contributed by atoms with E-state index < -0.39 is 44.9 Å². The zero-order chi connectivity index (χ0) is 18.6. The number of carbonyl (C=O) groups is 1. The quantitative estimate of drug-likeness (QED) is 0.274. The van der Waals surface area contributed by atoms with Gasteiger partial charge in [0.25, 0.3) is 6.23 Å². The van der Waals surface area contributed by atoms with Crippen molar-refractivity contribution in [2.45, 2.75) is 37.9 Å². The van der Waals surface area contributed by atoms with Crippen molar-refractivity contribution in [1.82, 2.24) is 0 Å². The van der Waals surface area contributed by atoms with Crippen LogP contribution in [0.2, 0.25) is 0 Å². The molecule has 1 fully saturated rings. The van der Waals surface area contributed by atoms with Gasteiger partial charge in [-0.3, -0.25) is 4.52 Å². The number of aliphatic hydroxyl groups is 2. The minimum absolute atomic E-state index is 0.233. The van der Waals surface area contributed by atoms with Gasteiger partial charge in [0.05, 0.1) is 13.2 Å². The summed E-state index contributed by atoms with van der Waals surface area (Å²) in [4.78, 5) is 29.3. The van der Waals surface area contributed by atoms with Crippen LogP contribution in [0.5, 0.6) is 0 Å². The monoisotopic (exact) mass is 378 g/mol. The standard InChI is InChI=1S/C14H20NO9P/c1-2-6-22-14(18)9-4-3-5-15(7-9)13-12(17)11(16)10(24-13)8-23-25(19,20)21/h3-5,7,10-13,16-17H,2,6,8H2,1H3,(H-,19,20,21)/p+1/t10-,11?,12?,13-/m1/s1. The first-order valence-corrected chi connectivity index (χ1v) is 9.15. The van der Waals surface area contributed by atoms with E-state index in [1.165, 1.54) is 23.0 Å². The van der Waals surface area contributed by atoms with E-state index >= 15 is 0 Å². The van der Waals surface area contributed by atoms with E-state index in [2.05, 4.69) is 4.52 Å². The summed E-state index contributed by atoms with van der Waals surface area (Å²) in [6.45, 7) is 1.54. The van der Waals surface area contributed by atoms with Gasteiger partial charge >= 0.3 is 13.8 Å². The SMILES string of the molecule is CCCOC(=O)c1ccc[n+]([C@@H]2O[C@H](COP(=O)(O)O)C(O)C2O)c1. The molecule has 10 nitrogen and oxygen atoms in total. The number of aromatic nitrogens is 1. The van der Waals surface area contributed by atoms with Crippen molar-refractivity contribution in [2.24, 2.45) is 0 Å². The van der Waals surface area contributed by atoms with Crippen LogP contribution < -0.4 is 4.57 Å². The van der Waals surface area contributed by atoms with Crippen LogP contribution in [0, 0.1) is 0 Å². The Balaban J connectivity index is 2.10. The summed E-state index contributed by atoms with van der Waals surface area (Å²) in [6, 6.07) is 3.07. The summed E-state index contributed by atoms with van der Waals surface area (Å²) in [7, 11) is -4.73. The van der Waals surface area contributed by atoms with Gasteiger partial charge in [-0.15, -0.1) is 0 Å². The Morgan fingerprint density at radius 1 is 1.36 bits per heavy atom. The Kier molecular flexibility index (Phi) is 6.64. The summed E-state index contributed by atoms with van der Waals surface area (Å²) in [5, 5.41) is 20.1. The number of pyridine rings is 1. The van der Waals surface area contributed by atoms with Crippen molar-refractivity contribution in [3.05, 3.63) is 30.1 Å². The molecular formula is C14H21NO9P+. The first kappa shape index (κ1) is 19.9. The van der Waals surface area contributed by atoms with E-state index in [0.29, 0.717) is 6.42 Å². The summed E-state index contributed by atoms with van der Waals surface area (Å²) in [5.41, 5.74) is 0.233. The molecule has 140 valence electrons. The maximum Gasteiger partial charge on any atom is 0.469 e. The van der Waals surface area contributed by atoms with Crippen LogP contribution in [0.1, 0.15) is 29.9 Å². The fourth-order valence-corrected chi connectivity index (χ4v) is 2.67. The van der Waals surface area contributed by atoms with E-state index in [4.69, 9.17) is 19.3 Å². The molecule has 0 saturated carbocycles. The maximum atomic E-state index is 11.9. The van der Waals surface area contributed by atoms with E-state index in [-0.39, 0.29) is 12.2 Å². The number of esters is 1. The van der Waals surface area contributed by atoms with Crippen molar-refractivity contribution in [1.29, 1.82) is 0 Å². The summed E-state index contributed by atoms with van der Waals surface area (Å²) in [6.07, 6.45) is -1.41. The molecule has 0 aromatic carbocycles. The van der Waals surface area contributed by atoms with Crippen molar-refractivity contribution >= 4 is 13.8 Å². The molecule has 4 N–H and O–H groups in total. The molecule has 1 aliphatic rings. The molecule has 1 aromatic rings. The molecule has 1 saturated heterocycles. The normalized spacial score (nSPS) is 26.6. The highest BCUT2D eigenvalue weighted by molar-refractivity contribution is 7.46. The van der Waals surface area contributed by atoms with E-state index in [1.807, 2.05) is 6.92 Å². The van der Waals surface area contributed by atoms with Gasteiger partial charge < -0.3 is 29.5 Å². The third-order valence-corrected chi connectivity index (χ3v) is 4.02. The van der Waals surface area contributed by atoms with Crippen LogP contribution in [0.4, 0.5) is 0 Å². The number of hydrogen-bond donors (Lipinski definition) is 4. The highest BCUT2D eigenvalue weighted by Gasteiger charge is 2.49. The smallest absolute Gasteiger partial charge is 0.462 e. The van der Waals surface area contributed by atoms with Crippen LogP contribution in [0.15, 0.2) is 24.5 Å². The minimum atomic E-state index is -4.73. The molecule has 25 heavy (non-hydrogen) atoms. The van der Waals surface area contributed by atoms with E-state index in [1.54, 1.807) is 6.07 Å². The van der Waals surface area contributed by atoms with Crippen LogP contribution in [-0.2, 0) is 18.6 Å². The second-order valence-electron chi connectivity index (χ2n) is 5.51. The number of phosphoric ester groups is 1. The Morgan fingerprint density at radius 2 is 2.08 bits per heavy atom. The maximum absolute atomic E-state index is 11.9. The van der Waals surface area contributed by atoms with Gasteiger partial charge in [0.2, 0.25) is 0 Å². The lowest BCUT2D eigenvalue weighted by molar-refractivity contribution is -0.765. The molecule has 4 atom stereocenters. The van der Waals surface area contributed by atoms with E-state index in [9.17, 15) is 19.6 Å². The summed E-state index contributed by atoms with van der Waals surface area (Å²) >= 11 is 0. The van der Waals surface area contributed by atoms with E-state index in [0.717, 1.165) is 0 Å². The zero-order valence-corrected chi connectivity index (χ0v) is 14.4. The number of carbonyl (C=O) groups excluding carboxylic acids is 1. The summed E-state index contributed by atoms with van der Waals surface area (Å²) in [5.74, 6) is -0.536. The topological polar surface area (TPSA) is 147 Å². The highest BCUT2D eigenvalue weighted by atomic mass is 31.2. The van der Waals surface area contributed by atoms with Gasteiger partial charge in [-0.05, 0) is 12.5 Å². The second-order valence-corrected chi connectivity index (χ2v) is 6.75. The largest absolute Gasteiger partial charge is 0.469 e. The van der Waals surface area contributed by atoms with Crippen LogP contribution in [0.25, 0.3) is 0 Å². The van der Waals surface area contributed by atoms with Crippen molar-refractivity contribution in [2.75, 3.05) is 13.2 Å². The number of nitrogens with zero attached hydrogens (tertiary/aromatic N) is 1. The Morgan fingerprint density at radius 3 is 2.72 bits per heavy atom. The Labute approximate surface area is 143 Å². The molecule has 0 amide bonds. The van der Waals surface area contributed by atoms with Crippen molar-refractivity contribution < 1.29 is 47.9 Å². The Hall–Kier alpha value is -1.39. The fourth-order valence-electron chi connectivity index (χ4n) is 2.33. The number of hydrogen-bond acceptors (Lipinski definition) is 7. The van der Waals surface area contributed by atoms with Gasteiger partial charge in [0, 0.05) is 6.07 Å². The molecule has 0 radical (unpaired) electrons. The molecule has 0 spiro atoms. The van der Waals surface area contributed by atoms with Crippen molar-refractivity contribution in [3.8, 4) is 0 Å². The minimum Gasteiger partial charge on any atom is -0.462 e. The lowest BCUT2D eigenvalue weighted by Gasteiger charge is -2.13. The van der Waals surface area contributed by atoms with Crippen LogP contribution in [0.3, 0.4) is 0 Å². The summed E-state index contributed by atoms with van der Waals surface area (Å²) < 4.78 is 26.9. The second kappa shape index (κ2) is 8.33. The predicted octanol–water partition coefficient (Wildman–Crippen LogP) is -0.731. The number of phosphoric acid groups is 1. The molecule has 11 heteroatoms. The molecule has 2 unspecified atom stereocenters. The van der Waals surface area contributed by atoms with Crippen molar-refractivity contribution in [3.63, 3.8) is 0 Å². The number of aliphatic hydroxyl groups excluding tert-OH is 2. The molecular weight excluding hydrogens is 357 g/mol. The first-order chi connectivity index (χ1) is 11.7. The molecule has 2 rings (SSSR count). The zero-order valence-electron chi connectivity index (χ0n) is 13.5. The molecule has 1 aliphatic heterocycles. The third-order valence-electron chi connectivity index (χ3n) is 3.53. The third kappa shape index (κ3) is 5.29.